The molecule has 0 aliphatic carbocycles. The van der Waals surface area contributed by atoms with E-state index in [4.69, 9.17) is 10.0 Å². The van der Waals surface area contributed by atoms with E-state index >= 15 is 0 Å². The summed E-state index contributed by atoms with van der Waals surface area (Å²) in [6.07, 6.45) is 1.55. The van der Waals surface area contributed by atoms with E-state index in [1.54, 1.807) is 16.9 Å². The fourth-order valence-corrected chi connectivity index (χ4v) is 1.45. The van der Waals surface area contributed by atoms with Gasteiger partial charge in [0.15, 0.2) is 0 Å². The molecule has 0 aliphatic heterocycles. The number of hydrogen-bond donors (Lipinski definition) is 2. The zero-order chi connectivity index (χ0) is 10.7. The molecule has 0 saturated heterocycles. The molecule has 1 aromatic carbocycles. The lowest BCUT2D eigenvalue weighted by Gasteiger charge is -2.06. The van der Waals surface area contributed by atoms with Crippen LogP contribution in [0.5, 0.6) is 0 Å². The molecule has 1 aromatic heterocycles. The van der Waals surface area contributed by atoms with Gasteiger partial charge in [-0.05, 0) is 11.6 Å². The van der Waals surface area contributed by atoms with Crippen molar-refractivity contribution in [3.8, 4) is 0 Å². The summed E-state index contributed by atoms with van der Waals surface area (Å²) < 4.78 is 1.57. The van der Waals surface area contributed by atoms with Crippen LogP contribution in [0.25, 0.3) is 0 Å². The topological polar surface area (TPSA) is 58.3 Å². The van der Waals surface area contributed by atoms with E-state index < -0.39 is 7.12 Å². The number of nitrogens with zero attached hydrogens (tertiary/aromatic N) is 2. The Bertz CT molecular complexity index is 428. The second-order valence-electron chi connectivity index (χ2n) is 3.27. The highest BCUT2D eigenvalue weighted by Crippen LogP contribution is 2.00. The quantitative estimate of drug-likeness (QED) is 0.666. The molecule has 0 spiro atoms. The maximum absolute atomic E-state index is 9.07. The predicted octanol–water partition coefficient (Wildman–Crippen LogP) is -0.389. The van der Waals surface area contributed by atoms with E-state index in [-0.39, 0.29) is 0 Å². The summed E-state index contributed by atoms with van der Waals surface area (Å²) in [7, 11) is -1.48. The Morgan fingerprint density at radius 2 is 1.87 bits per heavy atom. The number of aromatic nitrogens is 2. The van der Waals surface area contributed by atoms with Crippen molar-refractivity contribution in [1.82, 2.24) is 9.78 Å². The first-order valence-electron chi connectivity index (χ1n) is 4.69. The van der Waals surface area contributed by atoms with Crippen molar-refractivity contribution in [2.24, 2.45) is 0 Å². The second-order valence-corrected chi connectivity index (χ2v) is 3.27. The van der Waals surface area contributed by atoms with Gasteiger partial charge in [-0.25, -0.2) is 0 Å². The van der Waals surface area contributed by atoms with E-state index in [9.17, 15) is 0 Å². The van der Waals surface area contributed by atoms with Crippen molar-refractivity contribution in [2.75, 3.05) is 0 Å². The Labute approximate surface area is 87.9 Å². The third-order valence-corrected chi connectivity index (χ3v) is 2.19. The third kappa shape index (κ3) is 2.26. The molecule has 0 aliphatic rings. The highest BCUT2D eigenvalue weighted by atomic mass is 16.4. The first-order valence-corrected chi connectivity index (χ1v) is 4.69. The van der Waals surface area contributed by atoms with Gasteiger partial charge in [0.05, 0.1) is 12.1 Å². The summed E-state index contributed by atoms with van der Waals surface area (Å²) >= 11 is 0. The van der Waals surface area contributed by atoms with Crippen LogP contribution in [0.15, 0.2) is 42.6 Å². The van der Waals surface area contributed by atoms with E-state index in [2.05, 4.69) is 5.10 Å². The van der Waals surface area contributed by atoms with Gasteiger partial charge in [0.25, 0.3) is 0 Å². The zero-order valence-electron chi connectivity index (χ0n) is 8.11. The van der Waals surface area contributed by atoms with E-state index in [1.165, 1.54) is 0 Å². The van der Waals surface area contributed by atoms with Crippen LogP contribution in [-0.4, -0.2) is 26.9 Å². The molecule has 5 heteroatoms. The molecule has 0 saturated carbocycles. The van der Waals surface area contributed by atoms with Crippen molar-refractivity contribution < 1.29 is 10.0 Å². The lowest BCUT2D eigenvalue weighted by molar-refractivity contribution is 0.420. The second kappa shape index (κ2) is 4.29. The Morgan fingerprint density at radius 1 is 1.13 bits per heavy atom. The SMILES string of the molecule is OB(O)c1ccnn1Cc1ccccc1. The van der Waals surface area contributed by atoms with Crippen molar-refractivity contribution in [3.63, 3.8) is 0 Å². The summed E-state index contributed by atoms with van der Waals surface area (Å²) in [5.41, 5.74) is 1.47. The van der Waals surface area contributed by atoms with Gasteiger partial charge in [-0.3, -0.25) is 4.68 Å². The maximum atomic E-state index is 9.07. The first-order chi connectivity index (χ1) is 7.27. The zero-order valence-corrected chi connectivity index (χ0v) is 8.11. The highest BCUT2D eigenvalue weighted by Gasteiger charge is 2.16. The van der Waals surface area contributed by atoms with Crippen molar-refractivity contribution in [2.45, 2.75) is 6.54 Å². The Balaban J connectivity index is 2.21. The fraction of sp³-hybridized carbons (Fsp3) is 0.100. The molecule has 2 N–H and O–H groups in total. The lowest BCUT2D eigenvalue weighted by Crippen LogP contribution is -2.36. The Kier molecular flexibility index (Phi) is 2.85. The molecule has 2 rings (SSSR count). The minimum atomic E-state index is -1.48. The molecule has 0 fully saturated rings. The van der Waals surface area contributed by atoms with Crippen LogP contribution in [0.2, 0.25) is 0 Å². The average Bonchev–Trinajstić information content (AvgIpc) is 2.67. The van der Waals surface area contributed by atoms with Gasteiger partial charge >= 0.3 is 7.12 Å². The van der Waals surface area contributed by atoms with Crippen LogP contribution in [0.4, 0.5) is 0 Å². The number of hydrogen-bond acceptors (Lipinski definition) is 3. The number of benzene rings is 1. The van der Waals surface area contributed by atoms with Crippen LogP contribution in [0.1, 0.15) is 5.56 Å². The molecule has 4 nitrogen and oxygen atoms in total. The van der Waals surface area contributed by atoms with Gasteiger partial charge in [0, 0.05) is 6.20 Å². The van der Waals surface area contributed by atoms with Crippen LogP contribution in [-0.2, 0) is 6.54 Å². The molecule has 2 aromatic rings. The summed E-state index contributed by atoms with van der Waals surface area (Å²) in [6, 6.07) is 11.3. The average molecular weight is 202 g/mol. The van der Waals surface area contributed by atoms with Gasteiger partial charge in [-0.2, -0.15) is 5.10 Å². The van der Waals surface area contributed by atoms with E-state index in [0.717, 1.165) is 5.56 Å². The summed E-state index contributed by atoms with van der Waals surface area (Å²) in [6.45, 7) is 0.542. The largest absolute Gasteiger partial charge is 0.507 e. The predicted molar refractivity (Wildman–Crippen MR) is 57.6 cm³/mol. The van der Waals surface area contributed by atoms with Gasteiger partial charge in [0.1, 0.15) is 0 Å². The van der Waals surface area contributed by atoms with Crippen LogP contribution < -0.4 is 5.59 Å². The van der Waals surface area contributed by atoms with Crippen LogP contribution >= 0.6 is 0 Å². The van der Waals surface area contributed by atoms with E-state index in [1.807, 2.05) is 30.3 Å². The third-order valence-electron chi connectivity index (χ3n) is 2.19. The van der Waals surface area contributed by atoms with Gasteiger partial charge in [-0.15, -0.1) is 0 Å². The highest BCUT2D eigenvalue weighted by molar-refractivity contribution is 6.57. The smallest absolute Gasteiger partial charge is 0.422 e. The summed E-state index contributed by atoms with van der Waals surface area (Å²) in [5.74, 6) is 0. The fourth-order valence-electron chi connectivity index (χ4n) is 1.45. The maximum Gasteiger partial charge on any atom is 0.507 e. The lowest BCUT2D eigenvalue weighted by atomic mass is 9.86. The van der Waals surface area contributed by atoms with Crippen molar-refractivity contribution in [1.29, 1.82) is 0 Å². The molecule has 0 amide bonds. The molecule has 0 bridgehead atoms. The molecule has 1 heterocycles. The van der Waals surface area contributed by atoms with Gasteiger partial charge < -0.3 is 10.0 Å². The van der Waals surface area contributed by atoms with Crippen LogP contribution in [0, 0.1) is 0 Å². The van der Waals surface area contributed by atoms with Crippen molar-refractivity contribution in [3.05, 3.63) is 48.2 Å². The normalized spacial score (nSPS) is 10.3. The molecule has 0 atom stereocenters. The minimum absolute atomic E-state index is 0.402. The van der Waals surface area contributed by atoms with Gasteiger partial charge in [-0.1, -0.05) is 30.3 Å². The molecule has 15 heavy (non-hydrogen) atoms. The molecule has 0 radical (unpaired) electrons. The summed E-state index contributed by atoms with van der Waals surface area (Å²) in [4.78, 5) is 0. The van der Waals surface area contributed by atoms with Gasteiger partial charge in [0.2, 0.25) is 0 Å². The molecule has 76 valence electrons. The standard InChI is InChI=1S/C10H11BN2O2/c14-11(15)10-6-7-12-13(10)8-9-4-2-1-3-5-9/h1-7,14-15H,8H2. The monoisotopic (exact) mass is 202 g/mol. The summed E-state index contributed by atoms with van der Waals surface area (Å²) in [5, 5.41) is 22.2. The van der Waals surface area contributed by atoms with Crippen LogP contribution in [0.3, 0.4) is 0 Å². The molecular weight excluding hydrogens is 191 g/mol. The minimum Gasteiger partial charge on any atom is -0.422 e. The Morgan fingerprint density at radius 3 is 2.53 bits per heavy atom. The first kappa shape index (κ1) is 9.95. The Hall–Kier alpha value is -1.59. The number of rotatable bonds is 3. The molecular formula is C10H11BN2O2. The molecule has 0 unspecified atom stereocenters. The van der Waals surface area contributed by atoms with E-state index in [0.29, 0.717) is 12.1 Å². The van der Waals surface area contributed by atoms with Crippen molar-refractivity contribution >= 4 is 12.7 Å².